The predicted octanol–water partition coefficient (Wildman–Crippen LogP) is 4.50. The Kier molecular flexibility index (Phi) is 4.32. The topological polar surface area (TPSA) is 81.7 Å². The highest BCUT2D eigenvalue weighted by Gasteiger charge is 2.31. The Bertz CT molecular complexity index is 1220. The van der Waals surface area contributed by atoms with E-state index in [1.807, 2.05) is 24.3 Å². The van der Waals surface area contributed by atoms with E-state index in [9.17, 15) is 0 Å². The van der Waals surface area contributed by atoms with Gasteiger partial charge in [-0.3, -0.25) is 4.57 Å². The summed E-state index contributed by atoms with van der Waals surface area (Å²) in [5, 5.41) is 18.7. The van der Waals surface area contributed by atoms with Gasteiger partial charge < -0.3 is 9.84 Å². The minimum Gasteiger partial charge on any atom is -0.336 e. The van der Waals surface area contributed by atoms with Crippen molar-refractivity contribution in [3.05, 3.63) is 64.5 Å². The van der Waals surface area contributed by atoms with Gasteiger partial charge in [-0.25, -0.2) is 4.98 Å². The Balaban J connectivity index is 1.29. The minimum atomic E-state index is 0.375. The minimum absolute atomic E-state index is 0.375. The fourth-order valence-electron chi connectivity index (χ4n) is 4.91. The van der Waals surface area contributed by atoms with Gasteiger partial charge in [0, 0.05) is 29.6 Å². The van der Waals surface area contributed by atoms with Gasteiger partial charge in [0.1, 0.15) is 5.82 Å². The fourth-order valence-corrected chi connectivity index (χ4v) is 5.11. The lowest BCUT2D eigenvalue weighted by Gasteiger charge is -2.27. The predicted molar refractivity (Wildman–Crippen MR) is 113 cm³/mol. The second-order valence-corrected chi connectivity index (χ2v) is 8.60. The highest BCUT2D eigenvalue weighted by molar-refractivity contribution is 6.30. The zero-order valence-corrected chi connectivity index (χ0v) is 17.1. The molecule has 7 nitrogen and oxygen atoms in total. The van der Waals surface area contributed by atoms with Gasteiger partial charge >= 0.3 is 0 Å². The normalized spacial score (nSPS) is 21.2. The average molecular weight is 421 g/mol. The molecule has 1 saturated carbocycles. The number of hydrogen-bond donors (Lipinski definition) is 1. The average Bonchev–Trinajstić information content (AvgIpc) is 3.34. The number of aromatic nitrogens is 5. The highest BCUT2D eigenvalue weighted by atomic mass is 35.5. The fraction of sp³-hybridized carbons (Fsp3) is 0.364. The van der Waals surface area contributed by atoms with Crippen molar-refractivity contribution in [2.45, 2.75) is 50.6 Å². The Morgan fingerprint density at radius 3 is 2.80 bits per heavy atom. The van der Waals surface area contributed by atoms with Crippen LogP contribution in [0.5, 0.6) is 0 Å². The van der Waals surface area contributed by atoms with Crippen molar-refractivity contribution in [1.82, 2.24) is 30.2 Å². The standard InChI is InChI=1S/C22H21ClN6O/c23-16-7-8-18-15(10-16)11-24-12-19-26-27-21(29(18)19)14-5-3-13(4-6-14)20-17-2-1-9-25-22(17)30-28-20/h1-2,7-10,13-14,24H,3-6,11-12H2. The van der Waals surface area contributed by atoms with Crippen molar-refractivity contribution in [3.8, 4) is 5.69 Å². The summed E-state index contributed by atoms with van der Waals surface area (Å²) in [6.07, 6.45) is 5.94. The van der Waals surface area contributed by atoms with Crippen molar-refractivity contribution >= 4 is 22.7 Å². The zero-order chi connectivity index (χ0) is 20.1. The molecule has 0 amide bonds. The third kappa shape index (κ3) is 2.92. The lowest BCUT2D eigenvalue weighted by Crippen LogP contribution is -2.17. The van der Waals surface area contributed by atoms with Crippen LogP contribution in [0.15, 0.2) is 41.1 Å². The summed E-state index contributed by atoms with van der Waals surface area (Å²) in [5.74, 6) is 2.79. The molecule has 1 N–H and O–H groups in total. The van der Waals surface area contributed by atoms with Gasteiger partial charge in [0.15, 0.2) is 5.82 Å². The number of hydrogen-bond acceptors (Lipinski definition) is 6. The molecule has 6 rings (SSSR count). The van der Waals surface area contributed by atoms with Gasteiger partial charge in [0.2, 0.25) is 0 Å². The summed E-state index contributed by atoms with van der Waals surface area (Å²) < 4.78 is 7.68. The number of nitrogens with zero attached hydrogens (tertiary/aromatic N) is 5. The van der Waals surface area contributed by atoms with E-state index in [0.717, 1.165) is 65.7 Å². The Morgan fingerprint density at radius 2 is 1.90 bits per heavy atom. The second-order valence-electron chi connectivity index (χ2n) is 8.16. The second kappa shape index (κ2) is 7.18. The first-order valence-corrected chi connectivity index (χ1v) is 10.8. The number of nitrogens with one attached hydrogen (secondary N) is 1. The molecule has 0 unspecified atom stereocenters. The van der Waals surface area contributed by atoms with Crippen LogP contribution in [0.4, 0.5) is 0 Å². The number of pyridine rings is 1. The van der Waals surface area contributed by atoms with Crippen LogP contribution in [0.25, 0.3) is 16.8 Å². The van der Waals surface area contributed by atoms with Crippen molar-refractivity contribution in [2.24, 2.45) is 0 Å². The molecule has 1 aromatic carbocycles. The van der Waals surface area contributed by atoms with Gasteiger partial charge in [-0.1, -0.05) is 16.8 Å². The monoisotopic (exact) mass is 420 g/mol. The number of rotatable bonds is 2. The lowest BCUT2D eigenvalue weighted by molar-refractivity contribution is 0.359. The maximum absolute atomic E-state index is 6.24. The van der Waals surface area contributed by atoms with E-state index in [2.05, 4.69) is 36.3 Å². The third-order valence-electron chi connectivity index (χ3n) is 6.39. The third-order valence-corrected chi connectivity index (χ3v) is 6.63. The van der Waals surface area contributed by atoms with Gasteiger partial charge in [0.05, 0.1) is 23.3 Å². The molecule has 2 aliphatic rings. The van der Waals surface area contributed by atoms with Crippen LogP contribution in [0.1, 0.15) is 60.4 Å². The van der Waals surface area contributed by atoms with Crippen molar-refractivity contribution in [2.75, 3.05) is 0 Å². The highest BCUT2D eigenvalue weighted by Crippen LogP contribution is 2.42. The van der Waals surface area contributed by atoms with Crippen molar-refractivity contribution in [3.63, 3.8) is 0 Å². The molecule has 8 heteroatoms. The first-order chi connectivity index (χ1) is 14.8. The molecule has 4 heterocycles. The van der Waals surface area contributed by atoms with Gasteiger partial charge in [-0.05, 0) is 61.6 Å². The molecular weight excluding hydrogens is 400 g/mol. The van der Waals surface area contributed by atoms with Crippen LogP contribution in [-0.4, -0.2) is 24.9 Å². The molecule has 3 aromatic heterocycles. The van der Waals surface area contributed by atoms with E-state index in [1.165, 1.54) is 5.56 Å². The van der Waals surface area contributed by atoms with E-state index >= 15 is 0 Å². The van der Waals surface area contributed by atoms with E-state index in [4.69, 9.17) is 16.1 Å². The Morgan fingerprint density at radius 1 is 1.03 bits per heavy atom. The molecule has 30 heavy (non-hydrogen) atoms. The Hall–Kier alpha value is -2.77. The van der Waals surface area contributed by atoms with Crippen molar-refractivity contribution in [1.29, 1.82) is 0 Å². The molecule has 0 bridgehead atoms. The largest absolute Gasteiger partial charge is 0.336 e. The summed E-state index contributed by atoms with van der Waals surface area (Å²) >= 11 is 6.24. The molecule has 152 valence electrons. The van der Waals surface area contributed by atoms with Crippen LogP contribution in [0.2, 0.25) is 5.02 Å². The lowest BCUT2D eigenvalue weighted by atomic mass is 9.79. The number of fused-ring (bicyclic) bond motifs is 4. The number of benzene rings is 1. The smallest absolute Gasteiger partial charge is 0.257 e. The first kappa shape index (κ1) is 18.0. The van der Waals surface area contributed by atoms with Crippen LogP contribution in [0, 0.1) is 0 Å². The first-order valence-electron chi connectivity index (χ1n) is 10.4. The summed E-state index contributed by atoms with van der Waals surface area (Å²) in [4.78, 5) is 4.27. The molecule has 0 radical (unpaired) electrons. The molecule has 0 atom stereocenters. The molecule has 0 spiro atoms. The maximum Gasteiger partial charge on any atom is 0.257 e. The molecule has 0 saturated heterocycles. The summed E-state index contributed by atoms with van der Waals surface area (Å²) in [6, 6.07) is 10.1. The molecule has 1 fully saturated rings. The number of halogens is 1. The summed E-state index contributed by atoms with van der Waals surface area (Å²) in [5.41, 5.74) is 3.98. The molecular formula is C22H21ClN6O. The van der Waals surface area contributed by atoms with Crippen molar-refractivity contribution < 1.29 is 4.52 Å². The van der Waals surface area contributed by atoms with Crippen LogP contribution < -0.4 is 5.32 Å². The summed E-state index contributed by atoms with van der Waals surface area (Å²) in [7, 11) is 0. The molecule has 4 aromatic rings. The van der Waals surface area contributed by atoms with Gasteiger partial charge in [0.25, 0.3) is 5.71 Å². The van der Waals surface area contributed by atoms with E-state index < -0.39 is 0 Å². The van der Waals surface area contributed by atoms with E-state index in [1.54, 1.807) is 6.20 Å². The van der Waals surface area contributed by atoms with Crippen LogP contribution >= 0.6 is 11.6 Å². The van der Waals surface area contributed by atoms with Gasteiger partial charge in [-0.2, -0.15) is 0 Å². The van der Waals surface area contributed by atoms with Crippen LogP contribution in [-0.2, 0) is 13.1 Å². The van der Waals surface area contributed by atoms with Crippen LogP contribution in [0.3, 0.4) is 0 Å². The zero-order valence-electron chi connectivity index (χ0n) is 16.4. The maximum atomic E-state index is 6.24. The quantitative estimate of drug-likeness (QED) is 0.514. The van der Waals surface area contributed by atoms with E-state index in [0.29, 0.717) is 24.1 Å². The molecule has 1 aliphatic heterocycles. The molecule has 1 aliphatic carbocycles. The van der Waals surface area contributed by atoms with E-state index in [-0.39, 0.29) is 0 Å². The SMILES string of the molecule is Clc1ccc2c(c1)CNCc1nnc(C3CCC(c4noc5ncccc45)CC3)n1-2. The Labute approximate surface area is 178 Å². The van der Waals surface area contributed by atoms with Gasteiger partial charge in [-0.15, -0.1) is 10.2 Å². The summed E-state index contributed by atoms with van der Waals surface area (Å²) in [6.45, 7) is 1.48.